The lowest BCUT2D eigenvalue weighted by Gasteiger charge is -2.07. The van der Waals surface area contributed by atoms with E-state index in [2.05, 4.69) is 25.6 Å². The molecule has 0 aliphatic heterocycles. The van der Waals surface area contributed by atoms with Gasteiger partial charge < -0.3 is 5.32 Å². The molecule has 0 saturated carbocycles. The summed E-state index contributed by atoms with van der Waals surface area (Å²) in [6.45, 7) is 0.541. The van der Waals surface area contributed by atoms with E-state index < -0.39 is 0 Å². The molecule has 1 N–H and O–H groups in total. The molecule has 0 aliphatic carbocycles. The van der Waals surface area contributed by atoms with Crippen LogP contribution in [0.3, 0.4) is 0 Å². The average molecular weight is 443 g/mol. The maximum atomic E-state index is 13.9. The molecule has 4 rings (SSSR count). The van der Waals surface area contributed by atoms with Crippen LogP contribution in [0.1, 0.15) is 11.1 Å². The highest BCUT2D eigenvalue weighted by atomic mass is 35.5. The number of carbonyl (C=O) groups is 1. The molecule has 30 heavy (non-hydrogen) atoms. The van der Waals surface area contributed by atoms with Crippen molar-refractivity contribution in [1.82, 2.24) is 30.3 Å². The van der Waals surface area contributed by atoms with Crippen LogP contribution in [0.4, 0.5) is 4.39 Å². The third-order valence-corrected chi connectivity index (χ3v) is 5.67. The van der Waals surface area contributed by atoms with Gasteiger partial charge in [-0.25, -0.2) is 19.0 Å². The Labute approximate surface area is 180 Å². The van der Waals surface area contributed by atoms with Gasteiger partial charge in [0, 0.05) is 17.1 Å². The van der Waals surface area contributed by atoms with E-state index >= 15 is 0 Å². The normalized spacial score (nSPS) is 11.0. The molecular formula is C20H16ClFN6OS. The number of rotatable bonds is 7. The summed E-state index contributed by atoms with van der Waals surface area (Å²) in [4.78, 5) is 20.6. The van der Waals surface area contributed by atoms with Gasteiger partial charge in [0.2, 0.25) is 5.91 Å². The smallest absolute Gasteiger partial charge is 0.230 e. The first-order chi connectivity index (χ1) is 14.6. The molecule has 0 spiro atoms. The Morgan fingerprint density at radius 1 is 1.10 bits per heavy atom. The second-order valence-corrected chi connectivity index (χ2v) is 7.72. The number of amides is 1. The molecule has 0 fully saturated rings. The van der Waals surface area contributed by atoms with Crippen molar-refractivity contribution in [2.24, 2.45) is 0 Å². The van der Waals surface area contributed by atoms with Gasteiger partial charge in [-0.15, -0.1) is 5.10 Å². The number of aromatic nitrogens is 5. The quantitative estimate of drug-likeness (QED) is 0.348. The standard InChI is InChI=1S/C20H16ClFN6OS/c21-15-7-3-1-5-13(15)9-23-17(29)11-30-20-18-19(24-12-25-20)28(27-26-18)10-14-6-2-4-8-16(14)22/h1-8,12H,9-11H2,(H,23,29). The van der Waals surface area contributed by atoms with Gasteiger partial charge in [0.05, 0.1) is 12.3 Å². The summed E-state index contributed by atoms with van der Waals surface area (Å²) in [5.74, 6) is -0.332. The van der Waals surface area contributed by atoms with Crippen molar-refractivity contribution >= 4 is 40.4 Å². The molecule has 0 saturated heterocycles. The van der Waals surface area contributed by atoms with Crippen molar-refractivity contribution < 1.29 is 9.18 Å². The number of nitrogens with one attached hydrogen (secondary N) is 1. The van der Waals surface area contributed by atoms with Crippen LogP contribution in [0, 0.1) is 5.82 Å². The van der Waals surface area contributed by atoms with E-state index in [9.17, 15) is 9.18 Å². The Hall–Kier alpha value is -3.04. The first-order valence-corrected chi connectivity index (χ1v) is 10.4. The van der Waals surface area contributed by atoms with Crippen molar-refractivity contribution in [2.45, 2.75) is 18.1 Å². The highest BCUT2D eigenvalue weighted by Gasteiger charge is 2.15. The van der Waals surface area contributed by atoms with Crippen LogP contribution in [-0.4, -0.2) is 36.6 Å². The highest BCUT2D eigenvalue weighted by molar-refractivity contribution is 8.00. The summed E-state index contributed by atoms with van der Waals surface area (Å²) in [6, 6.07) is 13.8. The minimum absolute atomic E-state index is 0.150. The fourth-order valence-electron chi connectivity index (χ4n) is 2.79. The topological polar surface area (TPSA) is 85.6 Å². The van der Waals surface area contributed by atoms with Crippen LogP contribution in [0.25, 0.3) is 11.2 Å². The number of benzene rings is 2. The van der Waals surface area contributed by atoms with Crippen LogP contribution in [-0.2, 0) is 17.9 Å². The molecule has 10 heteroatoms. The predicted molar refractivity (Wildman–Crippen MR) is 113 cm³/mol. The molecule has 0 aliphatic rings. The van der Waals surface area contributed by atoms with Gasteiger partial charge in [-0.2, -0.15) is 0 Å². The summed E-state index contributed by atoms with van der Waals surface area (Å²) in [5.41, 5.74) is 2.28. The van der Waals surface area contributed by atoms with Gasteiger partial charge >= 0.3 is 0 Å². The number of thioether (sulfide) groups is 1. The minimum atomic E-state index is -0.319. The van der Waals surface area contributed by atoms with E-state index in [4.69, 9.17) is 11.6 Å². The zero-order valence-corrected chi connectivity index (χ0v) is 17.2. The van der Waals surface area contributed by atoms with E-state index in [1.165, 1.54) is 28.8 Å². The summed E-state index contributed by atoms with van der Waals surface area (Å²) in [5, 5.41) is 12.2. The maximum Gasteiger partial charge on any atom is 0.230 e. The van der Waals surface area contributed by atoms with Crippen molar-refractivity contribution in [2.75, 3.05) is 5.75 Å². The molecule has 0 atom stereocenters. The number of hydrogen-bond acceptors (Lipinski definition) is 6. The van der Waals surface area contributed by atoms with Crippen LogP contribution in [0.15, 0.2) is 59.9 Å². The number of nitrogens with zero attached hydrogens (tertiary/aromatic N) is 5. The van der Waals surface area contributed by atoms with Gasteiger partial charge in [-0.05, 0) is 17.7 Å². The molecule has 2 heterocycles. The van der Waals surface area contributed by atoms with Crippen molar-refractivity contribution in [1.29, 1.82) is 0 Å². The van der Waals surface area contributed by atoms with Crippen molar-refractivity contribution in [3.8, 4) is 0 Å². The molecule has 0 unspecified atom stereocenters. The fourth-order valence-corrected chi connectivity index (χ4v) is 3.75. The monoisotopic (exact) mass is 442 g/mol. The predicted octanol–water partition coefficient (Wildman–Crippen LogP) is 3.47. The van der Waals surface area contributed by atoms with Gasteiger partial charge in [0.1, 0.15) is 17.2 Å². The summed E-state index contributed by atoms with van der Waals surface area (Å²) >= 11 is 7.34. The van der Waals surface area contributed by atoms with Crippen molar-refractivity contribution in [3.05, 3.63) is 76.8 Å². The largest absolute Gasteiger partial charge is 0.351 e. The zero-order valence-electron chi connectivity index (χ0n) is 15.6. The second-order valence-electron chi connectivity index (χ2n) is 6.35. The van der Waals surface area contributed by atoms with E-state index in [0.717, 1.165) is 5.56 Å². The second kappa shape index (κ2) is 9.19. The highest BCUT2D eigenvalue weighted by Crippen LogP contribution is 2.23. The lowest BCUT2D eigenvalue weighted by atomic mass is 10.2. The molecule has 0 radical (unpaired) electrons. The van der Waals surface area contributed by atoms with Crippen molar-refractivity contribution in [3.63, 3.8) is 0 Å². The summed E-state index contributed by atoms with van der Waals surface area (Å²) in [6.07, 6.45) is 1.38. The lowest BCUT2D eigenvalue weighted by Crippen LogP contribution is -2.24. The first kappa shape index (κ1) is 20.2. The molecule has 7 nitrogen and oxygen atoms in total. The molecule has 152 valence electrons. The third-order valence-electron chi connectivity index (χ3n) is 4.32. The van der Waals surface area contributed by atoms with Gasteiger partial charge in [0.15, 0.2) is 11.2 Å². The van der Waals surface area contributed by atoms with Gasteiger partial charge in [0.25, 0.3) is 0 Å². The molecular weight excluding hydrogens is 427 g/mol. The van der Waals surface area contributed by atoms with Crippen LogP contribution in [0.2, 0.25) is 5.02 Å². The van der Waals surface area contributed by atoms with Crippen LogP contribution >= 0.6 is 23.4 Å². The maximum absolute atomic E-state index is 13.9. The average Bonchev–Trinajstić information content (AvgIpc) is 3.17. The molecule has 2 aromatic heterocycles. The lowest BCUT2D eigenvalue weighted by molar-refractivity contribution is -0.118. The molecule has 2 aromatic carbocycles. The summed E-state index contributed by atoms with van der Waals surface area (Å²) < 4.78 is 15.5. The van der Waals surface area contributed by atoms with E-state index in [1.54, 1.807) is 24.3 Å². The molecule has 1 amide bonds. The Kier molecular flexibility index (Phi) is 6.20. The van der Waals surface area contributed by atoms with E-state index in [0.29, 0.717) is 33.3 Å². The number of hydrogen-bond donors (Lipinski definition) is 1. The van der Waals surface area contributed by atoms with E-state index in [1.807, 2.05) is 18.2 Å². The Morgan fingerprint density at radius 3 is 2.67 bits per heavy atom. The number of fused-ring (bicyclic) bond motifs is 1. The summed E-state index contributed by atoms with van der Waals surface area (Å²) in [7, 11) is 0. The number of halogens is 2. The van der Waals surface area contributed by atoms with Gasteiger partial charge in [-0.3, -0.25) is 4.79 Å². The third kappa shape index (κ3) is 4.58. The Morgan fingerprint density at radius 2 is 1.87 bits per heavy atom. The van der Waals surface area contributed by atoms with E-state index in [-0.39, 0.29) is 24.0 Å². The SMILES string of the molecule is O=C(CSc1ncnc2c1nnn2Cc1ccccc1F)NCc1ccccc1Cl. The van der Waals surface area contributed by atoms with Crippen LogP contribution < -0.4 is 5.32 Å². The molecule has 4 aromatic rings. The zero-order chi connectivity index (χ0) is 20.9. The molecule has 0 bridgehead atoms. The Balaban J connectivity index is 1.42. The van der Waals surface area contributed by atoms with Gasteiger partial charge in [-0.1, -0.05) is 65.0 Å². The first-order valence-electron chi connectivity index (χ1n) is 9.02. The number of carbonyl (C=O) groups excluding carboxylic acids is 1. The minimum Gasteiger partial charge on any atom is -0.351 e. The van der Waals surface area contributed by atoms with Crippen LogP contribution in [0.5, 0.6) is 0 Å². The Bertz CT molecular complexity index is 1200. The fraction of sp³-hybridized carbons (Fsp3) is 0.150.